The summed E-state index contributed by atoms with van der Waals surface area (Å²) in [5, 5.41) is 20.6. The van der Waals surface area contributed by atoms with E-state index in [-0.39, 0.29) is 33.7 Å². The molecule has 2 aromatic carbocycles. The Kier molecular flexibility index (Phi) is 5.69. The highest BCUT2D eigenvalue weighted by Crippen LogP contribution is 2.28. The minimum atomic E-state index is -0.537. The number of halogens is 1. The Bertz CT molecular complexity index is 1050. The van der Waals surface area contributed by atoms with E-state index in [9.17, 15) is 19.3 Å². The summed E-state index contributed by atoms with van der Waals surface area (Å²) in [5.41, 5.74) is 1.84. The first-order chi connectivity index (χ1) is 13.3. The average molecular weight is 401 g/mol. The highest BCUT2D eigenvalue weighted by atomic mass is 32.2. The van der Waals surface area contributed by atoms with Crippen LogP contribution in [0.25, 0.3) is 11.4 Å². The van der Waals surface area contributed by atoms with Crippen molar-refractivity contribution in [3.63, 3.8) is 0 Å². The van der Waals surface area contributed by atoms with Gasteiger partial charge in [-0.25, -0.2) is 9.37 Å². The van der Waals surface area contributed by atoms with Gasteiger partial charge in [0, 0.05) is 6.07 Å². The van der Waals surface area contributed by atoms with Crippen LogP contribution in [0.1, 0.15) is 11.1 Å². The number of benzene rings is 2. The van der Waals surface area contributed by atoms with Crippen molar-refractivity contribution < 1.29 is 14.1 Å². The zero-order valence-corrected chi connectivity index (χ0v) is 15.8. The molecule has 0 spiro atoms. The number of rotatable bonds is 6. The summed E-state index contributed by atoms with van der Waals surface area (Å²) in [4.78, 5) is 27.0. The van der Waals surface area contributed by atoms with Gasteiger partial charge >= 0.3 is 0 Å². The first-order valence-corrected chi connectivity index (χ1v) is 9.19. The van der Waals surface area contributed by atoms with Gasteiger partial charge in [-0.05, 0) is 43.2 Å². The highest BCUT2D eigenvalue weighted by Gasteiger charge is 2.18. The number of thioether (sulfide) groups is 1. The van der Waals surface area contributed by atoms with E-state index in [1.807, 2.05) is 0 Å². The lowest BCUT2D eigenvalue weighted by Gasteiger charge is -2.08. The van der Waals surface area contributed by atoms with E-state index in [0.29, 0.717) is 0 Å². The summed E-state index contributed by atoms with van der Waals surface area (Å²) >= 11 is 1.03. The number of carbonyl (C=O) groups is 1. The van der Waals surface area contributed by atoms with E-state index in [4.69, 9.17) is 0 Å². The number of aryl methyl sites for hydroxylation is 2. The molecule has 0 aliphatic rings. The third-order valence-electron chi connectivity index (χ3n) is 4.01. The number of hydrogen-bond donors (Lipinski definition) is 2. The Hall–Kier alpha value is -3.27. The topological polar surface area (TPSA) is 114 Å². The molecule has 0 aliphatic heterocycles. The van der Waals surface area contributed by atoms with E-state index in [2.05, 4.69) is 20.5 Å². The number of nitrogens with one attached hydrogen (secondary N) is 2. The Balaban J connectivity index is 1.67. The van der Waals surface area contributed by atoms with Gasteiger partial charge in [0.2, 0.25) is 11.1 Å². The van der Waals surface area contributed by atoms with Gasteiger partial charge in [-0.2, -0.15) is 0 Å². The zero-order chi connectivity index (χ0) is 20.3. The van der Waals surface area contributed by atoms with Crippen molar-refractivity contribution >= 4 is 29.0 Å². The van der Waals surface area contributed by atoms with E-state index in [1.165, 1.54) is 12.1 Å². The fraction of sp³-hybridized carbons (Fsp3) is 0.167. The van der Waals surface area contributed by atoms with Crippen LogP contribution >= 0.6 is 11.8 Å². The van der Waals surface area contributed by atoms with Gasteiger partial charge in [-0.15, -0.1) is 5.10 Å². The second-order valence-corrected chi connectivity index (χ2v) is 6.94. The van der Waals surface area contributed by atoms with E-state index in [0.717, 1.165) is 22.9 Å². The maximum absolute atomic E-state index is 13.8. The SMILES string of the molecule is Cc1cc(NC(=O)CSc2n[nH]c(-c3ccccc3F)n2)c([N+](=O)[O-])cc1C. The van der Waals surface area contributed by atoms with Crippen LogP contribution in [0.2, 0.25) is 0 Å². The van der Waals surface area contributed by atoms with Gasteiger partial charge in [0.1, 0.15) is 11.5 Å². The predicted octanol–water partition coefficient (Wildman–Crippen LogP) is 3.87. The molecule has 28 heavy (non-hydrogen) atoms. The van der Waals surface area contributed by atoms with Crippen LogP contribution in [0.3, 0.4) is 0 Å². The first kappa shape index (κ1) is 19.5. The van der Waals surface area contributed by atoms with Crippen molar-refractivity contribution in [2.75, 3.05) is 11.1 Å². The molecular formula is C18H16FN5O3S. The second-order valence-electron chi connectivity index (χ2n) is 5.99. The molecule has 8 nitrogen and oxygen atoms in total. The molecule has 3 aromatic rings. The molecule has 3 rings (SSSR count). The molecule has 0 fully saturated rings. The number of anilines is 1. The van der Waals surface area contributed by atoms with Crippen molar-refractivity contribution in [2.24, 2.45) is 0 Å². The van der Waals surface area contributed by atoms with Gasteiger partial charge in [-0.3, -0.25) is 20.0 Å². The molecule has 0 saturated heterocycles. The number of aromatic amines is 1. The molecule has 10 heteroatoms. The molecule has 2 N–H and O–H groups in total. The minimum absolute atomic E-state index is 0.0569. The summed E-state index contributed by atoms with van der Waals surface area (Å²) in [6.07, 6.45) is 0. The molecule has 0 atom stereocenters. The summed E-state index contributed by atoms with van der Waals surface area (Å²) in [5.74, 6) is -0.673. The van der Waals surface area contributed by atoms with Gasteiger partial charge < -0.3 is 5.32 Å². The Morgan fingerprint density at radius 2 is 2.00 bits per heavy atom. The van der Waals surface area contributed by atoms with Crippen molar-refractivity contribution in [3.05, 3.63) is 63.5 Å². The number of nitrogens with zero attached hydrogens (tertiary/aromatic N) is 3. The van der Waals surface area contributed by atoms with Crippen LogP contribution in [-0.2, 0) is 4.79 Å². The molecule has 0 aliphatic carbocycles. The smallest absolute Gasteiger partial charge is 0.293 e. The van der Waals surface area contributed by atoms with Crippen LogP contribution in [0.5, 0.6) is 0 Å². The Morgan fingerprint density at radius 1 is 1.29 bits per heavy atom. The molecule has 0 radical (unpaired) electrons. The lowest BCUT2D eigenvalue weighted by atomic mass is 10.1. The number of hydrogen-bond acceptors (Lipinski definition) is 6. The van der Waals surface area contributed by atoms with Gasteiger partial charge in [-0.1, -0.05) is 23.9 Å². The van der Waals surface area contributed by atoms with Gasteiger partial charge in [0.05, 0.1) is 16.2 Å². The quantitative estimate of drug-likeness (QED) is 0.368. The van der Waals surface area contributed by atoms with Crippen LogP contribution < -0.4 is 5.32 Å². The summed E-state index contributed by atoms with van der Waals surface area (Å²) in [7, 11) is 0. The molecule has 1 aromatic heterocycles. The number of H-pyrrole nitrogens is 1. The lowest BCUT2D eigenvalue weighted by molar-refractivity contribution is -0.384. The largest absolute Gasteiger partial charge is 0.320 e. The predicted molar refractivity (Wildman–Crippen MR) is 104 cm³/mol. The van der Waals surface area contributed by atoms with Crippen LogP contribution in [-0.4, -0.2) is 31.8 Å². The van der Waals surface area contributed by atoms with Crippen molar-refractivity contribution in [1.82, 2.24) is 15.2 Å². The average Bonchev–Trinajstić information content (AvgIpc) is 3.12. The van der Waals surface area contributed by atoms with Crippen molar-refractivity contribution in [3.8, 4) is 11.4 Å². The van der Waals surface area contributed by atoms with Gasteiger partial charge in [0.25, 0.3) is 5.69 Å². The van der Waals surface area contributed by atoms with E-state index in [1.54, 1.807) is 38.1 Å². The molecule has 1 heterocycles. The molecule has 0 saturated carbocycles. The standard InChI is InChI=1S/C18H16FN5O3S/c1-10-7-14(15(24(26)27)8-11(10)2)20-16(25)9-28-18-21-17(22-23-18)12-5-3-4-6-13(12)19/h3-8H,9H2,1-2H3,(H,20,25)(H,21,22,23). The van der Waals surface area contributed by atoms with Crippen LogP contribution in [0.15, 0.2) is 41.6 Å². The molecular weight excluding hydrogens is 385 g/mol. The first-order valence-electron chi connectivity index (χ1n) is 8.20. The van der Waals surface area contributed by atoms with Crippen molar-refractivity contribution in [2.45, 2.75) is 19.0 Å². The monoisotopic (exact) mass is 401 g/mol. The van der Waals surface area contributed by atoms with E-state index < -0.39 is 16.6 Å². The number of carbonyl (C=O) groups excluding carboxylic acids is 1. The fourth-order valence-electron chi connectivity index (χ4n) is 2.45. The molecule has 1 amide bonds. The number of nitro groups is 1. The third-order valence-corrected chi connectivity index (χ3v) is 4.86. The summed E-state index contributed by atoms with van der Waals surface area (Å²) in [6.45, 7) is 3.57. The maximum atomic E-state index is 13.8. The normalized spacial score (nSPS) is 10.7. The fourth-order valence-corrected chi connectivity index (χ4v) is 3.05. The molecule has 144 valence electrons. The summed E-state index contributed by atoms with van der Waals surface area (Å²) in [6, 6.07) is 9.12. The third kappa shape index (κ3) is 4.34. The number of nitro benzene ring substituents is 1. The maximum Gasteiger partial charge on any atom is 0.293 e. The number of aromatic nitrogens is 3. The van der Waals surface area contributed by atoms with E-state index >= 15 is 0 Å². The van der Waals surface area contributed by atoms with Crippen molar-refractivity contribution in [1.29, 1.82) is 0 Å². The summed E-state index contributed by atoms with van der Waals surface area (Å²) < 4.78 is 13.8. The van der Waals surface area contributed by atoms with Gasteiger partial charge in [0.15, 0.2) is 5.82 Å². The lowest BCUT2D eigenvalue weighted by Crippen LogP contribution is -2.15. The second kappa shape index (κ2) is 8.17. The molecule has 0 unspecified atom stereocenters. The van der Waals surface area contributed by atoms with Crippen LogP contribution in [0.4, 0.5) is 15.8 Å². The Labute approximate surface area is 163 Å². The van der Waals surface area contributed by atoms with Crippen LogP contribution in [0, 0.1) is 29.8 Å². The Morgan fingerprint density at radius 3 is 2.71 bits per heavy atom. The zero-order valence-electron chi connectivity index (χ0n) is 15.0. The number of amides is 1. The molecule has 0 bridgehead atoms. The highest BCUT2D eigenvalue weighted by molar-refractivity contribution is 7.99. The minimum Gasteiger partial charge on any atom is -0.320 e.